The van der Waals surface area contributed by atoms with Crippen LogP contribution in [0.3, 0.4) is 0 Å². The van der Waals surface area contributed by atoms with Crippen molar-refractivity contribution in [1.29, 1.82) is 0 Å². The molecule has 0 aliphatic carbocycles. The summed E-state index contributed by atoms with van der Waals surface area (Å²) >= 11 is 0. The van der Waals surface area contributed by atoms with E-state index in [9.17, 15) is 45.3 Å². The van der Waals surface area contributed by atoms with E-state index in [4.69, 9.17) is 28.4 Å². The van der Waals surface area contributed by atoms with Crippen molar-refractivity contribution in [3.05, 3.63) is 24.3 Å². The molecule has 0 aromatic heterocycles. The average molecular weight is 1030 g/mol. The second-order valence-corrected chi connectivity index (χ2v) is 20.5. The summed E-state index contributed by atoms with van der Waals surface area (Å²) in [6.07, 6.45) is 30.6. The maximum atomic E-state index is 13.0. The highest BCUT2D eigenvalue weighted by Crippen LogP contribution is 2.27. The van der Waals surface area contributed by atoms with Gasteiger partial charge in [-0.1, -0.05) is 205 Å². The number of aliphatic hydroxyl groups excluding tert-OH is 7. The van der Waals surface area contributed by atoms with Gasteiger partial charge >= 0.3 is 11.9 Å². The minimum atomic E-state index is -1.77. The first-order valence-corrected chi connectivity index (χ1v) is 28.9. The molecule has 0 aromatic carbocycles. The van der Waals surface area contributed by atoms with Crippen molar-refractivity contribution < 1.29 is 73.8 Å². The predicted molar refractivity (Wildman–Crippen MR) is 280 cm³/mol. The van der Waals surface area contributed by atoms with Crippen LogP contribution in [0, 0.1) is 0 Å². The highest BCUT2D eigenvalue weighted by Gasteiger charge is 2.47. The van der Waals surface area contributed by atoms with Crippen LogP contribution in [0.2, 0.25) is 0 Å². The van der Waals surface area contributed by atoms with E-state index in [0.717, 1.165) is 57.8 Å². The number of hydrogen-bond donors (Lipinski definition) is 7. The summed E-state index contributed by atoms with van der Waals surface area (Å²) in [4.78, 5) is 25.9. The summed E-state index contributed by atoms with van der Waals surface area (Å²) in [7, 11) is 0. The quantitative estimate of drug-likeness (QED) is 0.0171. The molecule has 2 fully saturated rings. The maximum absolute atomic E-state index is 13.0. The van der Waals surface area contributed by atoms with Gasteiger partial charge in [0, 0.05) is 12.8 Å². The van der Waals surface area contributed by atoms with Gasteiger partial charge in [-0.3, -0.25) is 9.59 Å². The van der Waals surface area contributed by atoms with Crippen LogP contribution in [0.4, 0.5) is 0 Å². The highest BCUT2D eigenvalue weighted by atomic mass is 16.7. The van der Waals surface area contributed by atoms with E-state index in [1.807, 2.05) is 0 Å². The molecule has 4 unspecified atom stereocenters. The number of hydrogen-bond acceptors (Lipinski definition) is 15. The van der Waals surface area contributed by atoms with Crippen LogP contribution in [0.1, 0.15) is 232 Å². The van der Waals surface area contributed by atoms with Crippen LogP contribution >= 0.6 is 0 Å². The molecule has 2 rings (SSSR count). The van der Waals surface area contributed by atoms with Gasteiger partial charge in [0.2, 0.25) is 0 Å². The van der Waals surface area contributed by atoms with E-state index in [-0.39, 0.29) is 26.1 Å². The third-order valence-electron chi connectivity index (χ3n) is 14.0. The Morgan fingerprint density at radius 2 is 0.819 bits per heavy atom. The lowest BCUT2D eigenvalue weighted by atomic mass is 9.98. The second kappa shape index (κ2) is 44.1. The molecular formula is C57H104O15. The monoisotopic (exact) mass is 1030 g/mol. The predicted octanol–water partition coefficient (Wildman–Crippen LogP) is 9.50. The SMILES string of the molecule is CCCCCC/C=C/C=C/CCCCCCCC(=O)O[C@@H](COC(=O)CCCCCCCCCCCCCCCCCCCCCCC)CO[C@@H]1O[C@H](CO[C@@H]2O[C@H](CO)[C@H](O)C(O)C2O)[C@H](O)C(O)C1O. The van der Waals surface area contributed by atoms with Crippen LogP contribution in [0.15, 0.2) is 24.3 Å². The molecule has 0 radical (unpaired) electrons. The minimum Gasteiger partial charge on any atom is -0.462 e. The Balaban J connectivity index is 1.74. The molecule has 2 aliphatic rings. The van der Waals surface area contributed by atoms with Gasteiger partial charge in [0.05, 0.1) is 19.8 Å². The van der Waals surface area contributed by atoms with Crippen molar-refractivity contribution in [2.75, 3.05) is 26.4 Å². The van der Waals surface area contributed by atoms with Gasteiger partial charge in [-0.25, -0.2) is 0 Å². The zero-order valence-electron chi connectivity index (χ0n) is 44.9. The minimum absolute atomic E-state index is 0.150. The van der Waals surface area contributed by atoms with E-state index in [1.54, 1.807) is 0 Å². The fraction of sp³-hybridized carbons (Fsp3) is 0.895. The van der Waals surface area contributed by atoms with Gasteiger partial charge in [-0.2, -0.15) is 0 Å². The van der Waals surface area contributed by atoms with Crippen LogP contribution in [0.5, 0.6) is 0 Å². The molecule has 0 bridgehead atoms. The summed E-state index contributed by atoms with van der Waals surface area (Å²) in [5, 5.41) is 72.2. The van der Waals surface area contributed by atoms with Gasteiger partial charge in [-0.15, -0.1) is 0 Å². The third-order valence-corrected chi connectivity index (χ3v) is 14.0. The summed E-state index contributed by atoms with van der Waals surface area (Å²) in [5.74, 6) is -0.931. The van der Waals surface area contributed by atoms with Crippen molar-refractivity contribution >= 4 is 11.9 Å². The van der Waals surface area contributed by atoms with E-state index in [1.165, 1.54) is 135 Å². The topological polar surface area (TPSA) is 231 Å². The second-order valence-electron chi connectivity index (χ2n) is 20.5. The van der Waals surface area contributed by atoms with Crippen molar-refractivity contribution in [3.8, 4) is 0 Å². The van der Waals surface area contributed by atoms with Gasteiger partial charge in [0.25, 0.3) is 0 Å². The van der Waals surface area contributed by atoms with E-state index in [2.05, 4.69) is 38.2 Å². The Morgan fingerprint density at radius 1 is 0.444 bits per heavy atom. The lowest BCUT2D eigenvalue weighted by molar-refractivity contribution is -0.332. The third kappa shape index (κ3) is 31.1. The van der Waals surface area contributed by atoms with E-state index in [0.29, 0.717) is 12.8 Å². The molecule has 2 aliphatic heterocycles. The number of carbonyl (C=O) groups excluding carboxylic acids is 2. The molecule has 0 saturated carbocycles. The van der Waals surface area contributed by atoms with Gasteiger partial charge in [0.1, 0.15) is 55.4 Å². The Bertz CT molecular complexity index is 1350. The van der Waals surface area contributed by atoms with Gasteiger partial charge < -0.3 is 64.2 Å². The first kappa shape index (κ1) is 66.1. The van der Waals surface area contributed by atoms with Gasteiger partial charge in [-0.05, 0) is 38.5 Å². The molecule has 7 N–H and O–H groups in total. The fourth-order valence-corrected chi connectivity index (χ4v) is 9.21. The average Bonchev–Trinajstić information content (AvgIpc) is 3.37. The molecule has 0 aromatic rings. The lowest BCUT2D eigenvalue weighted by Crippen LogP contribution is -2.61. The number of esters is 2. The Labute approximate surface area is 434 Å². The number of allylic oxidation sites excluding steroid dienone is 4. The Morgan fingerprint density at radius 3 is 1.28 bits per heavy atom. The fourth-order valence-electron chi connectivity index (χ4n) is 9.21. The molecular weight excluding hydrogens is 925 g/mol. The number of unbranched alkanes of at least 4 members (excludes halogenated alkanes) is 29. The molecule has 72 heavy (non-hydrogen) atoms. The van der Waals surface area contributed by atoms with Crippen molar-refractivity contribution in [2.45, 2.75) is 300 Å². The zero-order chi connectivity index (χ0) is 52.4. The Hall–Kier alpha value is -2.02. The first-order chi connectivity index (χ1) is 35.0. The molecule has 15 heteroatoms. The van der Waals surface area contributed by atoms with Gasteiger partial charge in [0.15, 0.2) is 18.7 Å². The molecule has 2 heterocycles. The highest BCUT2D eigenvalue weighted by molar-refractivity contribution is 5.70. The van der Waals surface area contributed by atoms with Crippen molar-refractivity contribution in [3.63, 3.8) is 0 Å². The summed E-state index contributed by atoms with van der Waals surface area (Å²) in [5.41, 5.74) is 0. The number of rotatable bonds is 46. The first-order valence-electron chi connectivity index (χ1n) is 28.9. The molecule has 422 valence electrons. The maximum Gasteiger partial charge on any atom is 0.306 e. The number of aliphatic hydroxyl groups is 7. The van der Waals surface area contributed by atoms with Crippen LogP contribution < -0.4 is 0 Å². The number of ether oxygens (including phenoxy) is 6. The normalized spacial score (nSPS) is 25.1. The van der Waals surface area contributed by atoms with Crippen LogP contribution in [0.25, 0.3) is 0 Å². The molecule has 11 atom stereocenters. The molecule has 0 spiro atoms. The van der Waals surface area contributed by atoms with E-state index >= 15 is 0 Å². The smallest absolute Gasteiger partial charge is 0.306 e. The van der Waals surface area contributed by atoms with Crippen molar-refractivity contribution in [1.82, 2.24) is 0 Å². The van der Waals surface area contributed by atoms with E-state index < -0.39 is 92.7 Å². The largest absolute Gasteiger partial charge is 0.462 e. The van der Waals surface area contributed by atoms with Crippen LogP contribution in [-0.2, 0) is 38.0 Å². The summed E-state index contributed by atoms with van der Waals surface area (Å²) in [6, 6.07) is 0. The molecule has 2 saturated heterocycles. The number of carbonyl (C=O) groups is 2. The Kier molecular flexibility index (Phi) is 40.5. The van der Waals surface area contributed by atoms with Crippen LogP contribution in [-0.4, -0.2) is 142 Å². The summed E-state index contributed by atoms with van der Waals surface area (Å²) < 4.78 is 33.7. The summed E-state index contributed by atoms with van der Waals surface area (Å²) in [6.45, 7) is 2.59. The molecule has 0 amide bonds. The molecule has 15 nitrogen and oxygen atoms in total. The zero-order valence-corrected chi connectivity index (χ0v) is 44.9. The van der Waals surface area contributed by atoms with Crippen molar-refractivity contribution in [2.24, 2.45) is 0 Å². The standard InChI is InChI=1S/C57H104O15/c1-3-5-7-9-11-13-15-17-19-20-21-22-23-24-26-27-29-31-33-35-37-39-48(59)67-42-45(70-49(60)40-38-36-34-32-30-28-25-18-16-14-12-10-8-6-4-2)43-68-56-55(66)53(64)51(62)47(72-56)44-69-57-54(65)52(63)50(61)46(41-58)71-57/h14,16,18,25,45-47,50-58,61-66H,3-13,15,17,19-24,26-44H2,1-2H3/b16-14+,25-18+/t45-,46+,47+,50-,51-,52?,53?,54?,55?,56+,57+/m0/s1. The lowest BCUT2D eigenvalue weighted by Gasteiger charge is -2.42.